The standard InChI is InChI=1S/C15H19ClN2O4/c1-22-13-3-2-11(16)8-12(13)17-14(19)9-18-6-4-10(5-7-18)15(20)21/h2-3,8,10H,4-7,9H2,1H3,(H,17,19)(H,20,21). The molecule has 0 spiro atoms. The van der Waals surface area contributed by atoms with Crippen LogP contribution in [0, 0.1) is 5.92 Å². The number of quaternary nitrogens is 1. The highest BCUT2D eigenvalue weighted by molar-refractivity contribution is 6.31. The monoisotopic (exact) mass is 326 g/mol. The van der Waals surface area contributed by atoms with Crippen molar-refractivity contribution >= 4 is 29.2 Å². The zero-order chi connectivity index (χ0) is 16.1. The Balaban J connectivity index is 1.89. The number of carbonyl (C=O) groups excluding carboxylic acids is 2. The van der Waals surface area contributed by atoms with E-state index in [1.807, 2.05) is 0 Å². The third kappa shape index (κ3) is 4.35. The number of piperidine rings is 1. The molecule has 1 amide bonds. The summed E-state index contributed by atoms with van der Waals surface area (Å²) in [6.45, 7) is 1.59. The van der Waals surface area contributed by atoms with E-state index in [-0.39, 0.29) is 18.4 Å². The van der Waals surface area contributed by atoms with E-state index in [9.17, 15) is 14.7 Å². The van der Waals surface area contributed by atoms with Crippen LogP contribution in [0.15, 0.2) is 18.2 Å². The Morgan fingerprint density at radius 1 is 1.41 bits per heavy atom. The molecular formula is C15H19ClN2O4. The van der Waals surface area contributed by atoms with Crippen molar-refractivity contribution in [1.29, 1.82) is 0 Å². The predicted octanol–water partition coefficient (Wildman–Crippen LogP) is -0.668. The van der Waals surface area contributed by atoms with Gasteiger partial charge in [0.15, 0.2) is 6.54 Å². The summed E-state index contributed by atoms with van der Waals surface area (Å²) in [5, 5.41) is 14.1. The van der Waals surface area contributed by atoms with Crippen LogP contribution in [0.5, 0.6) is 5.75 Å². The van der Waals surface area contributed by atoms with Gasteiger partial charge in [-0.2, -0.15) is 0 Å². The molecular weight excluding hydrogens is 308 g/mol. The van der Waals surface area contributed by atoms with Crippen LogP contribution in [0.2, 0.25) is 5.02 Å². The van der Waals surface area contributed by atoms with E-state index in [1.54, 1.807) is 18.2 Å². The number of carboxylic acids is 1. The first-order chi connectivity index (χ1) is 10.5. The quantitative estimate of drug-likeness (QED) is 0.752. The summed E-state index contributed by atoms with van der Waals surface area (Å²) in [5.41, 5.74) is 0.532. The van der Waals surface area contributed by atoms with Crippen LogP contribution in [0.25, 0.3) is 0 Å². The zero-order valence-corrected chi connectivity index (χ0v) is 13.1. The minimum Gasteiger partial charge on any atom is -0.550 e. The maximum atomic E-state index is 12.1. The van der Waals surface area contributed by atoms with E-state index in [4.69, 9.17) is 16.3 Å². The summed E-state index contributed by atoms with van der Waals surface area (Å²) in [4.78, 5) is 24.0. The number of anilines is 1. The molecule has 1 aromatic rings. The predicted molar refractivity (Wildman–Crippen MR) is 79.9 cm³/mol. The Bertz CT molecular complexity index is 556. The molecule has 2 N–H and O–H groups in total. The second kappa shape index (κ2) is 7.47. The summed E-state index contributed by atoms with van der Waals surface area (Å²) < 4.78 is 5.18. The lowest BCUT2D eigenvalue weighted by Crippen LogP contribution is -3.14. The van der Waals surface area contributed by atoms with Gasteiger partial charge in [-0.15, -0.1) is 0 Å². The van der Waals surface area contributed by atoms with Gasteiger partial charge in [-0.25, -0.2) is 0 Å². The molecule has 0 aromatic heterocycles. The largest absolute Gasteiger partial charge is 0.550 e. The zero-order valence-electron chi connectivity index (χ0n) is 12.4. The average molecular weight is 327 g/mol. The fourth-order valence-electron chi connectivity index (χ4n) is 2.64. The van der Waals surface area contributed by atoms with Crippen LogP contribution < -0.4 is 20.1 Å². The molecule has 1 saturated heterocycles. The van der Waals surface area contributed by atoms with Gasteiger partial charge in [-0.1, -0.05) is 11.6 Å². The number of likely N-dealkylation sites (tertiary alicyclic amines) is 1. The second-order valence-electron chi connectivity index (χ2n) is 5.41. The summed E-state index contributed by atoms with van der Waals surface area (Å²) in [6, 6.07) is 5.01. The number of carboxylic acid groups (broad SMARTS) is 1. The van der Waals surface area contributed by atoms with Crippen molar-refractivity contribution < 1.29 is 24.3 Å². The van der Waals surface area contributed by atoms with Gasteiger partial charge in [-0.3, -0.25) is 4.79 Å². The van der Waals surface area contributed by atoms with E-state index in [0.717, 1.165) is 4.90 Å². The summed E-state index contributed by atoms with van der Waals surface area (Å²) in [7, 11) is 1.52. The van der Waals surface area contributed by atoms with Gasteiger partial charge >= 0.3 is 0 Å². The van der Waals surface area contributed by atoms with E-state index < -0.39 is 5.97 Å². The van der Waals surface area contributed by atoms with Gasteiger partial charge in [0, 0.05) is 29.8 Å². The topological polar surface area (TPSA) is 82.9 Å². The first-order valence-corrected chi connectivity index (χ1v) is 7.55. The molecule has 22 heavy (non-hydrogen) atoms. The fraction of sp³-hybridized carbons (Fsp3) is 0.467. The highest BCUT2D eigenvalue weighted by Gasteiger charge is 2.24. The van der Waals surface area contributed by atoms with Crippen molar-refractivity contribution in [3.63, 3.8) is 0 Å². The van der Waals surface area contributed by atoms with Crippen LogP contribution in [0.4, 0.5) is 5.69 Å². The van der Waals surface area contributed by atoms with Gasteiger partial charge in [0.1, 0.15) is 5.75 Å². The molecule has 1 aromatic carbocycles. The molecule has 0 bridgehead atoms. The van der Waals surface area contributed by atoms with Gasteiger partial charge in [0.2, 0.25) is 0 Å². The Kier molecular flexibility index (Phi) is 5.63. The van der Waals surface area contributed by atoms with Crippen LogP contribution in [0.3, 0.4) is 0 Å². The second-order valence-corrected chi connectivity index (χ2v) is 5.85. The number of aliphatic carboxylic acids is 1. The highest BCUT2D eigenvalue weighted by atomic mass is 35.5. The summed E-state index contributed by atoms with van der Waals surface area (Å²) >= 11 is 5.92. The Labute approximate surface area is 134 Å². The van der Waals surface area contributed by atoms with Crippen LogP contribution in [-0.4, -0.2) is 38.6 Å². The van der Waals surface area contributed by atoms with Gasteiger partial charge in [-0.05, 0) is 18.2 Å². The Morgan fingerprint density at radius 2 is 2.09 bits per heavy atom. The van der Waals surface area contributed by atoms with Crippen molar-refractivity contribution in [1.82, 2.24) is 0 Å². The molecule has 0 saturated carbocycles. The summed E-state index contributed by atoms with van der Waals surface area (Å²) in [6.07, 6.45) is 1.09. The molecule has 0 unspecified atom stereocenters. The van der Waals surface area contributed by atoms with Gasteiger partial charge < -0.3 is 24.9 Å². The van der Waals surface area contributed by atoms with E-state index in [2.05, 4.69) is 5.32 Å². The smallest absolute Gasteiger partial charge is 0.279 e. The maximum absolute atomic E-state index is 12.1. The first-order valence-electron chi connectivity index (χ1n) is 7.17. The van der Waals surface area contributed by atoms with E-state index in [1.165, 1.54) is 7.11 Å². The highest BCUT2D eigenvalue weighted by Crippen LogP contribution is 2.27. The number of carbonyl (C=O) groups is 2. The Morgan fingerprint density at radius 3 is 2.68 bits per heavy atom. The van der Waals surface area contributed by atoms with Crippen LogP contribution in [0.1, 0.15) is 12.8 Å². The molecule has 120 valence electrons. The minimum absolute atomic E-state index is 0.150. The van der Waals surface area contributed by atoms with Crippen molar-refractivity contribution in [3.8, 4) is 5.75 Å². The third-order valence-corrected chi connectivity index (χ3v) is 4.11. The van der Waals surface area contributed by atoms with Crippen molar-refractivity contribution in [2.45, 2.75) is 12.8 Å². The molecule has 1 aliphatic rings. The lowest BCUT2D eigenvalue weighted by atomic mass is 9.97. The maximum Gasteiger partial charge on any atom is 0.279 e. The fourth-order valence-corrected chi connectivity index (χ4v) is 2.81. The molecule has 6 nitrogen and oxygen atoms in total. The average Bonchev–Trinajstić information content (AvgIpc) is 2.48. The number of ether oxygens (including phenoxy) is 1. The van der Waals surface area contributed by atoms with Crippen molar-refractivity contribution in [2.24, 2.45) is 5.92 Å². The number of halogens is 1. The molecule has 1 aliphatic heterocycles. The number of nitrogens with one attached hydrogen (secondary N) is 2. The molecule has 0 radical (unpaired) electrons. The molecule has 1 heterocycles. The third-order valence-electron chi connectivity index (χ3n) is 3.87. The lowest BCUT2D eigenvalue weighted by Gasteiger charge is -2.29. The van der Waals surface area contributed by atoms with Crippen LogP contribution >= 0.6 is 11.6 Å². The molecule has 2 rings (SSSR count). The summed E-state index contributed by atoms with van der Waals surface area (Å²) in [5.74, 6) is -0.988. The van der Waals surface area contributed by atoms with Crippen LogP contribution in [-0.2, 0) is 9.59 Å². The SMILES string of the molecule is COc1ccc(Cl)cc1NC(=O)C[NH+]1CCC(C(=O)[O-])CC1. The number of hydrogen-bond acceptors (Lipinski definition) is 4. The van der Waals surface area contributed by atoms with Crippen molar-refractivity contribution in [2.75, 3.05) is 32.1 Å². The van der Waals surface area contributed by atoms with Gasteiger partial charge in [0.25, 0.3) is 5.91 Å². The molecule has 0 aliphatic carbocycles. The normalized spacial score (nSPS) is 21.2. The van der Waals surface area contributed by atoms with Crippen molar-refractivity contribution in [3.05, 3.63) is 23.2 Å². The lowest BCUT2D eigenvalue weighted by molar-refractivity contribution is -0.897. The molecule has 7 heteroatoms. The van der Waals surface area contributed by atoms with E-state index in [0.29, 0.717) is 42.4 Å². The Hall–Kier alpha value is -1.79. The van der Waals surface area contributed by atoms with E-state index >= 15 is 0 Å². The number of benzene rings is 1. The van der Waals surface area contributed by atoms with Gasteiger partial charge in [0.05, 0.1) is 25.9 Å². The number of methoxy groups -OCH3 is 1. The number of rotatable bonds is 5. The molecule has 0 atom stereocenters. The number of hydrogen-bond donors (Lipinski definition) is 2. The number of amides is 1. The first kappa shape index (κ1) is 16.6. The molecule has 1 fully saturated rings. The minimum atomic E-state index is -0.993.